The van der Waals surface area contributed by atoms with Crippen molar-refractivity contribution < 1.29 is 40.2 Å². The van der Waals surface area contributed by atoms with Crippen molar-refractivity contribution in [3.05, 3.63) is 0 Å². The SMILES string of the molecule is [O]C(F)(F)C(F)(F)C(F)(F)C(F)F. The lowest BCUT2D eigenvalue weighted by molar-refractivity contribution is -0.418. The molecule has 0 saturated carbocycles. The summed E-state index contributed by atoms with van der Waals surface area (Å²) < 4.78 is 91.4. The first-order chi connectivity index (χ1) is 5.44. The van der Waals surface area contributed by atoms with Crippen LogP contribution in [0, 0.1) is 0 Å². The van der Waals surface area contributed by atoms with Crippen LogP contribution in [-0.2, 0) is 5.11 Å². The van der Waals surface area contributed by atoms with E-state index < -0.39 is 24.4 Å². The van der Waals surface area contributed by atoms with Gasteiger partial charge in [-0.3, -0.25) is 0 Å². The van der Waals surface area contributed by atoms with Gasteiger partial charge in [-0.25, -0.2) is 8.78 Å². The first-order valence-corrected chi connectivity index (χ1v) is 2.56. The Morgan fingerprint density at radius 2 is 1.15 bits per heavy atom. The number of hydrogen-bond acceptors (Lipinski definition) is 0. The highest BCUT2D eigenvalue weighted by atomic mass is 19.4. The molecule has 0 aromatic carbocycles. The molecule has 0 aliphatic rings. The first-order valence-electron chi connectivity index (χ1n) is 2.56. The van der Waals surface area contributed by atoms with Crippen LogP contribution in [0.15, 0.2) is 0 Å². The largest absolute Gasteiger partial charge is 0.452 e. The molecule has 0 aliphatic carbocycles. The Labute approximate surface area is 66.0 Å². The maximum atomic E-state index is 11.7. The summed E-state index contributed by atoms with van der Waals surface area (Å²) in [6.45, 7) is 0. The van der Waals surface area contributed by atoms with Crippen molar-refractivity contribution in [1.82, 2.24) is 0 Å². The molecule has 9 heteroatoms. The van der Waals surface area contributed by atoms with Gasteiger partial charge < -0.3 is 0 Å². The van der Waals surface area contributed by atoms with Gasteiger partial charge in [0.05, 0.1) is 0 Å². The number of rotatable bonds is 3. The normalized spacial score (nSPS) is 15.2. The summed E-state index contributed by atoms with van der Waals surface area (Å²) in [6, 6.07) is 0. The van der Waals surface area contributed by atoms with Gasteiger partial charge in [-0.1, -0.05) is 0 Å². The molecule has 0 unspecified atom stereocenters. The van der Waals surface area contributed by atoms with E-state index in [0.717, 1.165) is 0 Å². The van der Waals surface area contributed by atoms with Gasteiger partial charge in [0.1, 0.15) is 0 Å². The Balaban J connectivity index is 5.04. The average Bonchev–Trinajstić information content (AvgIpc) is 1.84. The summed E-state index contributed by atoms with van der Waals surface area (Å²) in [5.74, 6) is -13.0. The topological polar surface area (TPSA) is 19.9 Å². The van der Waals surface area contributed by atoms with Crippen LogP contribution in [0.2, 0.25) is 0 Å². The van der Waals surface area contributed by atoms with Crippen molar-refractivity contribution in [3.63, 3.8) is 0 Å². The molecule has 0 amide bonds. The Kier molecular flexibility index (Phi) is 2.83. The second-order valence-electron chi connectivity index (χ2n) is 2.01. The molecule has 1 nitrogen and oxygen atoms in total. The second kappa shape index (κ2) is 2.96. The predicted molar refractivity (Wildman–Crippen MR) is 21.5 cm³/mol. The molecule has 0 heterocycles. The van der Waals surface area contributed by atoms with Crippen LogP contribution >= 0.6 is 0 Å². The molecule has 1 radical (unpaired) electrons. The van der Waals surface area contributed by atoms with Crippen LogP contribution in [0.25, 0.3) is 0 Å². The van der Waals surface area contributed by atoms with E-state index in [2.05, 4.69) is 0 Å². The third-order valence-corrected chi connectivity index (χ3v) is 1.06. The molecule has 0 N–H and O–H groups in total. The number of halogens is 8. The Morgan fingerprint density at radius 1 is 0.846 bits per heavy atom. The standard InChI is InChI=1S/C4HF8O/c5-1(6)2(7,8)3(9,10)4(11,12)13/h1H. The summed E-state index contributed by atoms with van der Waals surface area (Å²) in [4.78, 5) is 0. The highest BCUT2D eigenvalue weighted by molar-refractivity contribution is 4.92. The van der Waals surface area contributed by atoms with E-state index in [4.69, 9.17) is 0 Å². The van der Waals surface area contributed by atoms with Crippen molar-refractivity contribution in [3.8, 4) is 0 Å². The maximum Gasteiger partial charge on any atom is 0.452 e. The van der Waals surface area contributed by atoms with Gasteiger partial charge in [-0.2, -0.15) is 31.4 Å². The molecule has 0 bridgehead atoms. The van der Waals surface area contributed by atoms with E-state index in [1.54, 1.807) is 0 Å². The lowest BCUT2D eigenvalue weighted by Gasteiger charge is -2.27. The highest BCUT2D eigenvalue weighted by Crippen LogP contribution is 2.47. The van der Waals surface area contributed by atoms with Crippen molar-refractivity contribution in [1.29, 1.82) is 0 Å². The van der Waals surface area contributed by atoms with Crippen LogP contribution in [-0.4, -0.2) is 24.4 Å². The van der Waals surface area contributed by atoms with Crippen LogP contribution in [0.1, 0.15) is 0 Å². The van der Waals surface area contributed by atoms with E-state index in [-0.39, 0.29) is 0 Å². The van der Waals surface area contributed by atoms with Crippen LogP contribution in [0.4, 0.5) is 35.1 Å². The van der Waals surface area contributed by atoms with E-state index in [9.17, 15) is 40.2 Å². The smallest absolute Gasteiger partial charge is 0.203 e. The zero-order valence-corrected chi connectivity index (χ0v) is 5.51. The zero-order chi connectivity index (χ0) is 11.1. The Morgan fingerprint density at radius 3 is 1.23 bits per heavy atom. The molecule has 0 fully saturated rings. The fraction of sp³-hybridized carbons (Fsp3) is 1.00. The fourth-order valence-electron chi connectivity index (χ4n) is 0.331. The van der Waals surface area contributed by atoms with E-state index >= 15 is 0 Å². The summed E-state index contributed by atoms with van der Waals surface area (Å²) >= 11 is 0. The number of alkyl halides is 8. The van der Waals surface area contributed by atoms with Crippen LogP contribution in [0.5, 0.6) is 0 Å². The van der Waals surface area contributed by atoms with E-state index in [1.165, 1.54) is 0 Å². The lowest BCUT2D eigenvalue weighted by Crippen LogP contribution is -2.56. The lowest BCUT2D eigenvalue weighted by atomic mass is 10.1. The summed E-state index contributed by atoms with van der Waals surface area (Å²) in [5, 5.41) is 9.18. The van der Waals surface area contributed by atoms with Gasteiger partial charge in [0.2, 0.25) is 0 Å². The molecule has 13 heavy (non-hydrogen) atoms. The van der Waals surface area contributed by atoms with Gasteiger partial charge in [0.15, 0.2) is 0 Å². The van der Waals surface area contributed by atoms with Crippen LogP contribution in [0.3, 0.4) is 0 Å². The molecule has 0 atom stereocenters. The van der Waals surface area contributed by atoms with Crippen molar-refractivity contribution in [2.75, 3.05) is 0 Å². The van der Waals surface area contributed by atoms with Gasteiger partial charge >= 0.3 is 24.4 Å². The van der Waals surface area contributed by atoms with Gasteiger partial charge in [0.25, 0.3) is 0 Å². The van der Waals surface area contributed by atoms with Gasteiger partial charge in [-0.05, 0) is 0 Å². The fourth-order valence-corrected chi connectivity index (χ4v) is 0.331. The minimum absolute atomic E-state index is 5.04. The quantitative estimate of drug-likeness (QED) is 0.647. The molecule has 0 aromatic heterocycles. The van der Waals surface area contributed by atoms with E-state index in [1.807, 2.05) is 0 Å². The monoisotopic (exact) mass is 217 g/mol. The van der Waals surface area contributed by atoms with Gasteiger partial charge in [-0.15, -0.1) is 0 Å². The number of hydrogen-bond donors (Lipinski definition) is 0. The Hall–Kier alpha value is -0.600. The van der Waals surface area contributed by atoms with Crippen molar-refractivity contribution >= 4 is 0 Å². The zero-order valence-electron chi connectivity index (χ0n) is 5.51. The minimum Gasteiger partial charge on any atom is -0.203 e. The van der Waals surface area contributed by atoms with Gasteiger partial charge in [0, 0.05) is 0 Å². The first kappa shape index (κ1) is 12.4. The van der Waals surface area contributed by atoms with Crippen molar-refractivity contribution in [2.45, 2.75) is 24.4 Å². The third-order valence-electron chi connectivity index (χ3n) is 1.06. The maximum absolute atomic E-state index is 11.7. The minimum atomic E-state index is -6.62. The molecule has 79 valence electrons. The highest BCUT2D eigenvalue weighted by Gasteiger charge is 2.76. The predicted octanol–water partition coefficient (Wildman–Crippen LogP) is 2.55. The summed E-state index contributed by atoms with van der Waals surface area (Å²) in [5.41, 5.74) is 0. The molecule has 0 aliphatic heterocycles. The summed E-state index contributed by atoms with van der Waals surface area (Å²) in [7, 11) is 0. The third kappa shape index (κ3) is 1.84. The van der Waals surface area contributed by atoms with E-state index in [0.29, 0.717) is 0 Å². The van der Waals surface area contributed by atoms with Crippen molar-refractivity contribution in [2.24, 2.45) is 0 Å². The molecule has 0 rings (SSSR count). The molecule has 0 saturated heterocycles. The molecule has 0 spiro atoms. The average molecular weight is 217 g/mol. The second-order valence-corrected chi connectivity index (χ2v) is 2.01. The molecular formula is C4HF8O. The van der Waals surface area contributed by atoms with Crippen LogP contribution < -0.4 is 0 Å². The Bertz CT molecular complexity index is 181. The molecular weight excluding hydrogens is 216 g/mol. The summed E-state index contributed by atoms with van der Waals surface area (Å²) in [6.07, 6.45) is -11.5. The molecule has 0 aromatic rings.